The van der Waals surface area contributed by atoms with Crippen LogP contribution in [0.1, 0.15) is 82.9 Å². The maximum absolute atomic E-state index is 13.4. The van der Waals surface area contributed by atoms with Crippen LogP contribution in [0, 0.1) is 5.41 Å². The smallest absolute Gasteiger partial charge is 0.298 e. The predicted octanol–water partition coefficient (Wildman–Crippen LogP) is 5.17. The van der Waals surface area contributed by atoms with Gasteiger partial charge in [-0.15, -0.1) is 0 Å². The topological polar surface area (TPSA) is 80.4 Å². The van der Waals surface area contributed by atoms with Gasteiger partial charge < -0.3 is 0 Å². The average molecular weight is 496 g/mol. The first-order chi connectivity index (χ1) is 16.0. The molecule has 2 rings (SSSR count). The van der Waals surface area contributed by atoms with Gasteiger partial charge in [0.15, 0.2) is 5.49 Å². The molecule has 0 spiro atoms. The minimum absolute atomic E-state index is 0.0245. The quantitative estimate of drug-likeness (QED) is 0.543. The Balaban J connectivity index is 2.62. The summed E-state index contributed by atoms with van der Waals surface area (Å²) >= 11 is 0. The van der Waals surface area contributed by atoms with Gasteiger partial charge in [-0.1, -0.05) is 54.9 Å². The normalized spacial score (nSPS) is 13.2. The summed E-state index contributed by atoms with van der Waals surface area (Å²) in [7, 11) is 1.87. The van der Waals surface area contributed by atoms with Gasteiger partial charge in [-0.3, -0.25) is 29.8 Å². The van der Waals surface area contributed by atoms with Crippen molar-refractivity contribution in [2.24, 2.45) is 17.5 Å². The number of benzene rings is 1. The van der Waals surface area contributed by atoms with Crippen LogP contribution < -0.4 is 16.3 Å². The molecule has 194 valence electrons. The Hall–Kier alpha value is -3.04. The first kappa shape index (κ1) is 28.2. The zero-order valence-electron chi connectivity index (χ0n) is 21.7. The largest absolute Gasteiger partial charge is 0.416 e. The van der Waals surface area contributed by atoms with Crippen molar-refractivity contribution >= 4 is 17.5 Å². The van der Waals surface area contributed by atoms with Crippen molar-refractivity contribution in [1.82, 2.24) is 14.8 Å². The van der Waals surface area contributed by atoms with E-state index in [1.165, 1.54) is 0 Å². The van der Waals surface area contributed by atoms with Crippen LogP contribution in [0.3, 0.4) is 0 Å². The van der Waals surface area contributed by atoms with Crippen LogP contribution in [0.5, 0.6) is 0 Å². The molecule has 1 aromatic carbocycles. The van der Waals surface area contributed by atoms with Crippen molar-refractivity contribution in [2.45, 2.75) is 79.4 Å². The number of hydrogen-bond donors (Lipinski definition) is 2. The van der Waals surface area contributed by atoms with E-state index in [-0.39, 0.29) is 22.6 Å². The maximum atomic E-state index is 13.4. The lowest BCUT2D eigenvalue weighted by atomic mass is 9.92. The number of amides is 2. The number of halogens is 3. The van der Waals surface area contributed by atoms with Gasteiger partial charge in [-0.2, -0.15) is 18.2 Å². The van der Waals surface area contributed by atoms with E-state index in [4.69, 9.17) is 0 Å². The third kappa shape index (κ3) is 6.99. The predicted molar refractivity (Wildman–Crippen MR) is 130 cm³/mol. The van der Waals surface area contributed by atoms with Crippen LogP contribution in [0.4, 0.5) is 18.9 Å². The Kier molecular flexibility index (Phi) is 8.29. The number of nitrogens with zero attached hydrogens (tertiary/aromatic N) is 3. The Morgan fingerprint density at radius 1 is 1.03 bits per heavy atom. The summed E-state index contributed by atoms with van der Waals surface area (Å²) in [5.41, 5.74) is 4.11. The Morgan fingerprint density at radius 3 is 2.17 bits per heavy atom. The van der Waals surface area contributed by atoms with E-state index < -0.39 is 23.1 Å². The minimum atomic E-state index is -4.64. The number of hydrogen-bond acceptors (Lipinski definition) is 3. The molecule has 0 saturated heterocycles. The average Bonchev–Trinajstić information content (AvgIpc) is 3.04. The van der Waals surface area contributed by atoms with E-state index in [9.17, 15) is 22.8 Å². The molecule has 0 fully saturated rings. The van der Waals surface area contributed by atoms with Crippen molar-refractivity contribution in [1.29, 1.82) is 0 Å². The lowest BCUT2D eigenvalue weighted by Crippen LogP contribution is -2.38. The van der Waals surface area contributed by atoms with E-state index >= 15 is 0 Å². The zero-order valence-corrected chi connectivity index (χ0v) is 21.7. The van der Waals surface area contributed by atoms with Crippen molar-refractivity contribution < 1.29 is 22.8 Å². The second-order valence-electron chi connectivity index (χ2n) is 10.6. The second-order valence-corrected chi connectivity index (χ2v) is 10.6. The molecule has 7 nitrogen and oxygen atoms in total. The fraction of sp³-hybridized carbons (Fsp3) is 0.560. The zero-order chi connectivity index (χ0) is 26.8. The Morgan fingerprint density at radius 2 is 1.66 bits per heavy atom. The molecule has 0 saturated carbocycles. The van der Waals surface area contributed by atoms with Gasteiger partial charge in [0, 0.05) is 36.2 Å². The molecule has 0 aliphatic carbocycles. The van der Waals surface area contributed by atoms with Gasteiger partial charge in [0.25, 0.3) is 5.91 Å². The van der Waals surface area contributed by atoms with Gasteiger partial charge in [0.05, 0.1) is 16.8 Å². The number of nitrogens with one attached hydrogen (secondary N) is 2. The molecule has 35 heavy (non-hydrogen) atoms. The van der Waals surface area contributed by atoms with Crippen LogP contribution in [0.15, 0.2) is 29.3 Å². The fourth-order valence-corrected chi connectivity index (χ4v) is 3.42. The van der Waals surface area contributed by atoms with Gasteiger partial charge in [0.1, 0.15) is 0 Å². The van der Waals surface area contributed by atoms with Crippen molar-refractivity contribution in [3.8, 4) is 0 Å². The number of unbranched alkanes of at least 4 members (excludes halogenated alkanes) is 1. The number of carbonyl (C=O) groups excluding carboxylic acids is 2. The van der Waals surface area contributed by atoms with Crippen molar-refractivity contribution in [2.75, 3.05) is 5.43 Å². The van der Waals surface area contributed by atoms with Gasteiger partial charge in [0.2, 0.25) is 5.91 Å². The van der Waals surface area contributed by atoms with E-state index in [1.54, 1.807) is 26.8 Å². The van der Waals surface area contributed by atoms with Gasteiger partial charge in [-0.25, -0.2) is 0 Å². The number of carbonyl (C=O) groups is 2. The molecule has 1 aromatic heterocycles. The second kappa shape index (κ2) is 10.3. The van der Waals surface area contributed by atoms with Crippen LogP contribution in [-0.4, -0.2) is 21.2 Å². The van der Waals surface area contributed by atoms with E-state index in [0.29, 0.717) is 12.0 Å². The van der Waals surface area contributed by atoms with Gasteiger partial charge >= 0.3 is 6.18 Å². The molecule has 0 aliphatic rings. The molecule has 2 N–H and O–H groups in total. The molecule has 2 aromatic rings. The number of alkyl halides is 3. The van der Waals surface area contributed by atoms with Crippen molar-refractivity contribution in [3.63, 3.8) is 0 Å². The molecule has 2 amide bonds. The summed E-state index contributed by atoms with van der Waals surface area (Å²) < 4.78 is 44.0. The molecule has 0 bridgehead atoms. The summed E-state index contributed by atoms with van der Waals surface area (Å²) in [6.07, 6.45) is -2.88. The van der Waals surface area contributed by atoms with Crippen LogP contribution >= 0.6 is 0 Å². The van der Waals surface area contributed by atoms with Crippen molar-refractivity contribution in [3.05, 3.63) is 46.6 Å². The highest BCUT2D eigenvalue weighted by atomic mass is 19.4. The first-order valence-corrected chi connectivity index (χ1v) is 11.6. The molecular formula is C25H36F3N5O2. The number of hydrazine groups is 1. The molecule has 0 atom stereocenters. The highest BCUT2D eigenvalue weighted by Gasteiger charge is 2.32. The lowest BCUT2D eigenvalue weighted by Gasteiger charge is -2.20. The van der Waals surface area contributed by atoms with E-state index in [2.05, 4.69) is 15.8 Å². The molecule has 0 unspecified atom stereocenters. The van der Waals surface area contributed by atoms with E-state index in [1.807, 2.05) is 44.1 Å². The molecular weight excluding hydrogens is 459 g/mol. The minimum Gasteiger partial charge on any atom is -0.298 e. The summed E-state index contributed by atoms with van der Waals surface area (Å²) in [5, 5.41) is 0. The third-order valence-corrected chi connectivity index (χ3v) is 5.52. The number of aromatic nitrogens is 2. The monoisotopic (exact) mass is 495 g/mol. The molecule has 0 aliphatic heterocycles. The van der Waals surface area contributed by atoms with Crippen LogP contribution in [-0.2, 0) is 30.0 Å². The maximum Gasteiger partial charge on any atom is 0.416 e. The molecule has 10 heteroatoms. The van der Waals surface area contributed by atoms with Crippen LogP contribution in [0.2, 0.25) is 0 Å². The van der Waals surface area contributed by atoms with Gasteiger partial charge in [-0.05, 0) is 24.6 Å². The van der Waals surface area contributed by atoms with Crippen LogP contribution in [0.25, 0.3) is 0 Å². The summed E-state index contributed by atoms with van der Waals surface area (Å²) in [4.78, 5) is 29.7. The number of rotatable bonds is 6. The highest BCUT2D eigenvalue weighted by Crippen LogP contribution is 2.32. The van der Waals surface area contributed by atoms with E-state index in [0.717, 1.165) is 36.7 Å². The summed E-state index contributed by atoms with van der Waals surface area (Å²) in [6.45, 7) is 13.8. The summed E-state index contributed by atoms with van der Waals surface area (Å²) in [5.74, 6) is -1.23. The Labute approximate surface area is 204 Å². The first-order valence-electron chi connectivity index (χ1n) is 11.6. The lowest BCUT2D eigenvalue weighted by molar-refractivity contribution is -0.137. The highest BCUT2D eigenvalue weighted by molar-refractivity contribution is 6.00. The molecule has 0 radical (unpaired) electrons. The number of anilines is 1. The standard InChI is InChI=1S/C25H36F3N5O2/c1-9-10-13-33-20(15-19(32(33)8)23(2,3)4)29-21(34)17-14-16(25(26,27)28)11-12-18(17)30-31-22(35)24(5,6)7/h11-12,14-15,30H,9-10,13H2,1-8H3,(H,31,35)/b29-20+. The third-order valence-electron chi connectivity index (χ3n) is 5.52. The SMILES string of the molecule is CCCCn1/c(=N/C(=O)c2cc(C(F)(F)F)ccc2NNC(=O)C(C)(C)C)cc(C(C)(C)C)n1C. The Bertz CT molecular complexity index is 1150. The fourth-order valence-electron chi connectivity index (χ4n) is 3.42. The summed E-state index contributed by atoms with van der Waals surface area (Å²) in [6, 6.07) is 4.51. The molecule has 1 heterocycles.